The number of nitrogens with zero attached hydrogens (tertiary/aromatic N) is 1. The molecule has 0 radical (unpaired) electrons. The molecule has 1 heterocycles. The van der Waals surface area contributed by atoms with Gasteiger partial charge in [-0.15, -0.1) is 0 Å². The zero-order chi connectivity index (χ0) is 12.6. The Morgan fingerprint density at radius 1 is 1.22 bits per heavy atom. The Labute approximate surface area is 114 Å². The Kier molecular flexibility index (Phi) is 3.35. The summed E-state index contributed by atoms with van der Waals surface area (Å²) in [6.07, 6.45) is 5.92. The van der Waals surface area contributed by atoms with Crippen LogP contribution in [0.4, 0.5) is 0 Å². The smallest absolute Gasteiger partial charge is 0.0453 e. The highest BCUT2D eigenvalue weighted by molar-refractivity contribution is 6.31. The topological polar surface area (TPSA) is 29.3 Å². The lowest BCUT2D eigenvalue weighted by Crippen LogP contribution is -2.24. The van der Waals surface area contributed by atoms with E-state index in [4.69, 9.17) is 17.3 Å². The first-order valence-electron chi connectivity index (χ1n) is 6.93. The molecule has 3 rings (SSSR count). The number of hydrogen-bond acceptors (Lipinski definition) is 2. The van der Waals surface area contributed by atoms with Crippen LogP contribution in [0.5, 0.6) is 0 Å². The van der Waals surface area contributed by atoms with Crippen LogP contribution in [0.1, 0.15) is 36.8 Å². The van der Waals surface area contributed by atoms with Crippen LogP contribution < -0.4 is 5.73 Å². The van der Waals surface area contributed by atoms with E-state index < -0.39 is 0 Å². The second-order valence-electron chi connectivity index (χ2n) is 5.95. The lowest BCUT2D eigenvalue weighted by molar-refractivity contribution is 0.331. The quantitative estimate of drug-likeness (QED) is 0.906. The van der Waals surface area contributed by atoms with Gasteiger partial charge >= 0.3 is 0 Å². The molecular weight excluding hydrogens is 244 g/mol. The van der Waals surface area contributed by atoms with E-state index >= 15 is 0 Å². The van der Waals surface area contributed by atoms with Crippen molar-refractivity contribution >= 4 is 11.6 Å². The maximum absolute atomic E-state index is 6.39. The Bertz CT molecular complexity index is 434. The van der Waals surface area contributed by atoms with Gasteiger partial charge in [-0.3, -0.25) is 4.90 Å². The van der Waals surface area contributed by atoms with Gasteiger partial charge in [-0.2, -0.15) is 0 Å². The SMILES string of the molecule is NC1(Cc2ccc(CN3CCCC3)c(Cl)c2)CC1. The van der Waals surface area contributed by atoms with Gasteiger partial charge < -0.3 is 5.73 Å². The lowest BCUT2D eigenvalue weighted by atomic mass is 10.0. The number of hydrogen-bond donors (Lipinski definition) is 1. The van der Waals surface area contributed by atoms with E-state index in [0.29, 0.717) is 0 Å². The van der Waals surface area contributed by atoms with Crippen LogP contribution >= 0.6 is 11.6 Å². The summed E-state index contributed by atoms with van der Waals surface area (Å²) < 4.78 is 0. The van der Waals surface area contributed by atoms with Crippen LogP contribution in [-0.2, 0) is 13.0 Å². The molecular formula is C15H21ClN2. The average molecular weight is 265 g/mol. The van der Waals surface area contributed by atoms with Crippen molar-refractivity contribution in [3.63, 3.8) is 0 Å². The summed E-state index contributed by atoms with van der Waals surface area (Å²) in [6.45, 7) is 3.42. The zero-order valence-corrected chi connectivity index (χ0v) is 11.5. The molecule has 98 valence electrons. The van der Waals surface area contributed by atoms with Crippen LogP contribution in [0.15, 0.2) is 18.2 Å². The first-order chi connectivity index (χ1) is 8.65. The number of benzene rings is 1. The fourth-order valence-electron chi connectivity index (χ4n) is 2.75. The van der Waals surface area contributed by atoms with E-state index in [1.165, 1.54) is 37.1 Å². The van der Waals surface area contributed by atoms with Crippen LogP contribution in [0.25, 0.3) is 0 Å². The molecule has 0 spiro atoms. The second-order valence-corrected chi connectivity index (χ2v) is 6.36. The van der Waals surface area contributed by atoms with E-state index in [2.05, 4.69) is 23.1 Å². The van der Waals surface area contributed by atoms with Crippen molar-refractivity contribution in [2.45, 2.75) is 44.2 Å². The van der Waals surface area contributed by atoms with E-state index in [9.17, 15) is 0 Å². The second kappa shape index (κ2) is 4.84. The molecule has 0 amide bonds. The first kappa shape index (κ1) is 12.5. The van der Waals surface area contributed by atoms with Gasteiger partial charge in [-0.25, -0.2) is 0 Å². The molecule has 3 heteroatoms. The maximum Gasteiger partial charge on any atom is 0.0453 e. The zero-order valence-electron chi connectivity index (χ0n) is 10.8. The summed E-state index contributed by atoms with van der Waals surface area (Å²) in [5.41, 5.74) is 8.75. The Balaban J connectivity index is 1.68. The van der Waals surface area contributed by atoms with Crippen LogP contribution in [-0.4, -0.2) is 23.5 Å². The number of nitrogens with two attached hydrogens (primary N) is 1. The summed E-state index contributed by atoms with van der Waals surface area (Å²) in [5.74, 6) is 0. The van der Waals surface area contributed by atoms with Crippen molar-refractivity contribution in [1.29, 1.82) is 0 Å². The third-order valence-electron chi connectivity index (χ3n) is 4.16. The molecule has 1 saturated heterocycles. The van der Waals surface area contributed by atoms with Crippen molar-refractivity contribution in [2.24, 2.45) is 5.73 Å². The molecule has 0 unspecified atom stereocenters. The fourth-order valence-corrected chi connectivity index (χ4v) is 3.02. The molecule has 2 aliphatic rings. The van der Waals surface area contributed by atoms with Crippen molar-refractivity contribution in [2.75, 3.05) is 13.1 Å². The number of likely N-dealkylation sites (tertiary alicyclic amines) is 1. The molecule has 2 N–H and O–H groups in total. The number of rotatable bonds is 4. The maximum atomic E-state index is 6.39. The minimum absolute atomic E-state index is 0.0692. The van der Waals surface area contributed by atoms with Crippen molar-refractivity contribution < 1.29 is 0 Å². The van der Waals surface area contributed by atoms with Gasteiger partial charge in [0, 0.05) is 17.1 Å². The predicted octanol–water partition coefficient (Wildman–Crippen LogP) is 2.97. The lowest BCUT2D eigenvalue weighted by Gasteiger charge is -2.16. The van der Waals surface area contributed by atoms with Gasteiger partial charge in [0.25, 0.3) is 0 Å². The third kappa shape index (κ3) is 2.87. The molecule has 0 bridgehead atoms. The van der Waals surface area contributed by atoms with Gasteiger partial charge in [-0.05, 0) is 62.4 Å². The summed E-state index contributed by atoms with van der Waals surface area (Å²) >= 11 is 6.39. The number of halogens is 1. The van der Waals surface area contributed by atoms with Crippen molar-refractivity contribution in [1.82, 2.24) is 4.90 Å². The van der Waals surface area contributed by atoms with Crippen LogP contribution in [0.2, 0.25) is 5.02 Å². The standard InChI is InChI=1S/C15H21ClN2/c16-14-9-12(10-15(17)5-6-15)3-4-13(14)11-18-7-1-2-8-18/h3-4,9H,1-2,5-8,10-11,17H2. The molecule has 1 aliphatic carbocycles. The third-order valence-corrected chi connectivity index (χ3v) is 4.51. The summed E-state index contributed by atoms with van der Waals surface area (Å²) in [4.78, 5) is 2.48. The molecule has 2 nitrogen and oxygen atoms in total. The molecule has 18 heavy (non-hydrogen) atoms. The van der Waals surface area contributed by atoms with Crippen molar-refractivity contribution in [3.8, 4) is 0 Å². The van der Waals surface area contributed by atoms with Crippen molar-refractivity contribution in [3.05, 3.63) is 34.3 Å². The Morgan fingerprint density at radius 3 is 2.56 bits per heavy atom. The molecule has 2 fully saturated rings. The van der Waals surface area contributed by atoms with Gasteiger partial charge in [0.1, 0.15) is 0 Å². The highest BCUT2D eigenvalue weighted by atomic mass is 35.5. The van der Waals surface area contributed by atoms with Crippen LogP contribution in [0.3, 0.4) is 0 Å². The highest BCUT2D eigenvalue weighted by Crippen LogP contribution is 2.36. The van der Waals surface area contributed by atoms with Gasteiger partial charge in [0.2, 0.25) is 0 Å². The van der Waals surface area contributed by atoms with Crippen LogP contribution in [0, 0.1) is 0 Å². The highest BCUT2D eigenvalue weighted by Gasteiger charge is 2.37. The van der Waals surface area contributed by atoms with Gasteiger partial charge in [-0.1, -0.05) is 23.7 Å². The largest absolute Gasteiger partial charge is 0.325 e. The minimum Gasteiger partial charge on any atom is -0.325 e. The van der Waals surface area contributed by atoms with Gasteiger partial charge in [0.15, 0.2) is 0 Å². The molecule has 1 saturated carbocycles. The van der Waals surface area contributed by atoms with E-state index in [-0.39, 0.29) is 5.54 Å². The molecule has 0 atom stereocenters. The Hall–Kier alpha value is -0.570. The summed E-state index contributed by atoms with van der Waals surface area (Å²) in [7, 11) is 0. The monoisotopic (exact) mass is 264 g/mol. The summed E-state index contributed by atoms with van der Waals surface area (Å²) in [6, 6.07) is 6.49. The molecule has 0 aromatic heterocycles. The summed E-state index contributed by atoms with van der Waals surface area (Å²) in [5, 5.41) is 0.906. The van der Waals surface area contributed by atoms with E-state index in [1.807, 2.05) is 0 Å². The normalized spacial score (nSPS) is 22.3. The molecule has 1 aliphatic heterocycles. The predicted molar refractivity (Wildman–Crippen MR) is 75.8 cm³/mol. The average Bonchev–Trinajstić information content (AvgIpc) is 2.86. The van der Waals surface area contributed by atoms with E-state index in [1.54, 1.807) is 0 Å². The Morgan fingerprint density at radius 2 is 1.94 bits per heavy atom. The molecule has 1 aromatic rings. The minimum atomic E-state index is 0.0692. The van der Waals surface area contributed by atoms with E-state index in [0.717, 1.165) is 30.8 Å². The fraction of sp³-hybridized carbons (Fsp3) is 0.600. The first-order valence-corrected chi connectivity index (χ1v) is 7.31. The van der Waals surface area contributed by atoms with Gasteiger partial charge in [0.05, 0.1) is 0 Å². The molecule has 1 aromatic carbocycles.